The molecule has 0 spiro atoms. The summed E-state index contributed by atoms with van der Waals surface area (Å²) in [6, 6.07) is 5.95. The summed E-state index contributed by atoms with van der Waals surface area (Å²) < 4.78 is 18.2. The van der Waals surface area contributed by atoms with Gasteiger partial charge in [-0.05, 0) is 30.5 Å². The summed E-state index contributed by atoms with van der Waals surface area (Å²) in [6.45, 7) is 0.616. The molecule has 0 bridgehead atoms. The third-order valence-corrected chi connectivity index (χ3v) is 2.54. The monoisotopic (exact) mass is 205 g/mol. The lowest BCUT2D eigenvalue weighted by Gasteiger charge is -2.06. The van der Waals surface area contributed by atoms with Gasteiger partial charge in [0.2, 0.25) is 0 Å². The number of hydrogen-bond donors (Lipinski definition) is 0. The Kier molecular flexibility index (Phi) is 2.86. The Bertz CT molecular complexity index is 393. The van der Waals surface area contributed by atoms with Gasteiger partial charge in [-0.3, -0.25) is 0 Å². The van der Waals surface area contributed by atoms with Crippen LogP contribution in [0.25, 0.3) is 0 Å². The first-order chi connectivity index (χ1) is 7.29. The Labute approximate surface area is 88.3 Å². The fourth-order valence-corrected chi connectivity index (χ4v) is 1.46. The molecule has 0 N–H and O–H groups in total. The lowest BCUT2D eigenvalue weighted by molar-refractivity contribution is 0.301. The zero-order chi connectivity index (χ0) is 10.7. The van der Waals surface area contributed by atoms with Gasteiger partial charge in [0.25, 0.3) is 0 Å². The molecule has 0 atom stereocenters. The van der Waals surface area contributed by atoms with Gasteiger partial charge >= 0.3 is 0 Å². The molecule has 0 amide bonds. The van der Waals surface area contributed by atoms with Crippen molar-refractivity contribution in [3.8, 4) is 11.8 Å². The predicted molar refractivity (Wildman–Crippen MR) is 54.0 cm³/mol. The highest BCUT2D eigenvalue weighted by Crippen LogP contribution is 2.32. The molecular formula is C12H12FNO. The molecule has 3 heteroatoms. The molecule has 0 aliphatic heterocycles. The third-order valence-electron chi connectivity index (χ3n) is 2.54. The van der Waals surface area contributed by atoms with Gasteiger partial charge in [0, 0.05) is 0 Å². The van der Waals surface area contributed by atoms with Gasteiger partial charge in [0.15, 0.2) is 0 Å². The second-order valence-corrected chi connectivity index (χ2v) is 3.83. The van der Waals surface area contributed by atoms with Crippen LogP contribution >= 0.6 is 0 Å². The average Bonchev–Trinajstić information content (AvgIpc) is 3.04. The van der Waals surface area contributed by atoms with Crippen molar-refractivity contribution in [1.82, 2.24) is 0 Å². The molecule has 0 aromatic heterocycles. The largest absolute Gasteiger partial charge is 0.492 e. The van der Waals surface area contributed by atoms with Crippen molar-refractivity contribution in [2.75, 3.05) is 6.61 Å². The molecule has 1 fully saturated rings. The maximum Gasteiger partial charge on any atom is 0.137 e. The number of benzene rings is 1. The van der Waals surface area contributed by atoms with Crippen LogP contribution in [0.1, 0.15) is 24.8 Å². The predicted octanol–water partition coefficient (Wildman–Crippen LogP) is 2.88. The summed E-state index contributed by atoms with van der Waals surface area (Å²) in [5, 5.41) is 8.77. The van der Waals surface area contributed by atoms with Gasteiger partial charge in [-0.25, -0.2) is 4.39 Å². The second kappa shape index (κ2) is 4.31. The van der Waals surface area contributed by atoms with Gasteiger partial charge < -0.3 is 4.74 Å². The molecule has 1 aliphatic rings. The maximum atomic E-state index is 12.8. The molecule has 1 saturated carbocycles. The van der Waals surface area contributed by atoms with E-state index in [0.717, 1.165) is 12.3 Å². The number of ether oxygens (including phenoxy) is 1. The lowest BCUT2D eigenvalue weighted by atomic mass is 10.2. The maximum absolute atomic E-state index is 12.8. The van der Waals surface area contributed by atoms with Crippen molar-refractivity contribution in [1.29, 1.82) is 5.26 Å². The molecule has 78 valence electrons. The van der Waals surface area contributed by atoms with E-state index in [4.69, 9.17) is 10.00 Å². The van der Waals surface area contributed by atoms with E-state index in [2.05, 4.69) is 0 Å². The van der Waals surface area contributed by atoms with Crippen molar-refractivity contribution in [3.05, 3.63) is 29.6 Å². The molecule has 15 heavy (non-hydrogen) atoms. The Balaban J connectivity index is 1.96. The third kappa shape index (κ3) is 2.69. The highest BCUT2D eigenvalue weighted by molar-refractivity contribution is 5.42. The molecule has 1 aromatic rings. The van der Waals surface area contributed by atoms with E-state index < -0.39 is 5.82 Å². The van der Waals surface area contributed by atoms with E-state index in [0.29, 0.717) is 12.4 Å². The van der Waals surface area contributed by atoms with Crippen LogP contribution in [0, 0.1) is 23.1 Å². The van der Waals surface area contributed by atoms with Gasteiger partial charge in [-0.1, -0.05) is 12.8 Å². The summed E-state index contributed by atoms with van der Waals surface area (Å²) in [6.07, 6.45) is 3.61. The molecule has 2 rings (SSSR count). The van der Waals surface area contributed by atoms with Crippen LogP contribution in [0.2, 0.25) is 0 Å². The van der Waals surface area contributed by atoms with Crippen LogP contribution in [0.3, 0.4) is 0 Å². The van der Waals surface area contributed by atoms with Crippen molar-refractivity contribution in [2.45, 2.75) is 19.3 Å². The van der Waals surface area contributed by atoms with Gasteiger partial charge in [-0.15, -0.1) is 0 Å². The average molecular weight is 205 g/mol. The fraction of sp³-hybridized carbons (Fsp3) is 0.417. The molecule has 1 aliphatic carbocycles. The summed E-state index contributed by atoms with van der Waals surface area (Å²) in [4.78, 5) is 0. The minimum atomic E-state index is -0.402. The van der Waals surface area contributed by atoms with Crippen molar-refractivity contribution in [3.63, 3.8) is 0 Å². The first-order valence-electron chi connectivity index (χ1n) is 5.12. The van der Waals surface area contributed by atoms with E-state index in [1.54, 1.807) is 0 Å². The highest BCUT2D eigenvalue weighted by atomic mass is 19.1. The number of halogens is 1. The first kappa shape index (κ1) is 9.97. The zero-order valence-corrected chi connectivity index (χ0v) is 8.37. The Morgan fingerprint density at radius 2 is 2.27 bits per heavy atom. The standard InChI is InChI=1S/C12H12FNO/c13-11-3-4-12(10(7-11)8-14)15-6-5-9-1-2-9/h3-4,7,9H,1-2,5-6H2. The van der Waals surface area contributed by atoms with Crippen LogP contribution in [-0.2, 0) is 0 Å². The SMILES string of the molecule is N#Cc1cc(F)ccc1OCCC1CC1. The Morgan fingerprint density at radius 3 is 2.93 bits per heavy atom. The van der Waals surface area contributed by atoms with Crippen LogP contribution in [0.5, 0.6) is 5.75 Å². The summed E-state index contributed by atoms with van der Waals surface area (Å²) in [5.41, 5.74) is 0.269. The lowest BCUT2D eigenvalue weighted by Crippen LogP contribution is -2.00. The van der Waals surface area contributed by atoms with Crippen LogP contribution < -0.4 is 4.74 Å². The van der Waals surface area contributed by atoms with Gasteiger partial charge in [0.05, 0.1) is 12.2 Å². The Morgan fingerprint density at radius 1 is 1.47 bits per heavy atom. The highest BCUT2D eigenvalue weighted by Gasteiger charge is 2.20. The number of hydrogen-bond acceptors (Lipinski definition) is 2. The van der Waals surface area contributed by atoms with E-state index >= 15 is 0 Å². The smallest absolute Gasteiger partial charge is 0.137 e. The zero-order valence-electron chi connectivity index (χ0n) is 8.37. The molecule has 2 nitrogen and oxygen atoms in total. The molecule has 0 unspecified atom stereocenters. The summed E-state index contributed by atoms with van der Waals surface area (Å²) >= 11 is 0. The quantitative estimate of drug-likeness (QED) is 0.757. The first-order valence-corrected chi connectivity index (χ1v) is 5.12. The number of rotatable bonds is 4. The van der Waals surface area contributed by atoms with E-state index in [1.807, 2.05) is 6.07 Å². The Hall–Kier alpha value is -1.56. The number of nitriles is 1. The number of nitrogens with zero attached hydrogens (tertiary/aromatic N) is 1. The van der Waals surface area contributed by atoms with Crippen molar-refractivity contribution >= 4 is 0 Å². The minimum absolute atomic E-state index is 0.269. The molecule has 0 heterocycles. The van der Waals surface area contributed by atoms with Crippen LogP contribution in [-0.4, -0.2) is 6.61 Å². The molecule has 0 saturated heterocycles. The van der Waals surface area contributed by atoms with E-state index in [9.17, 15) is 4.39 Å². The van der Waals surface area contributed by atoms with E-state index in [1.165, 1.54) is 31.0 Å². The fourth-order valence-electron chi connectivity index (χ4n) is 1.46. The molecular weight excluding hydrogens is 193 g/mol. The minimum Gasteiger partial charge on any atom is -0.492 e. The second-order valence-electron chi connectivity index (χ2n) is 3.83. The molecule has 0 radical (unpaired) electrons. The van der Waals surface area contributed by atoms with Crippen molar-refractivity contribution in [2.24, 2.45) is 5.92 Å². The topological polar surface area (TPSA) is 33.0 Å². The normalized spacial score (nSPS) is 14.7. The van der Waals surface area contributed by atoms with Crippen LogP contribution in [0.15, 0.2) is 18.2 Å². The summed E-state index contributed by atoms with van der Waals surface area (Å²) in [5.74, 6) is 0.886. The van der Waals surface area contributed by atoms with Gasteiger partial charge in [-0.2, -0.15) is 5.26 Å². The molecule has 1 aromatic carbocycles. The van der Waals surface area contributed by atoms with E-state index in [-0.39, 0.29) is 5.56 Å². The van der Waals surface area contributed by atoms with Crippen LogP contribution in [0.4, 0.5) is 4.39 Å². The summed E-state index contributed by atoms with van der Waals surface area (Å²) in [7, 11) is 0. The van der Waals surface area contributed by atoms with Gasteiger partial charge in [0.1, 0.15) is 17.6 Å². The van der Waals surface area contributed by atoms with Crippen molar-refractivity contribution < 1.29 is 9.13 Å².